The number of Topliss-reactive ketones (excluding diaryl/α,β-unsaturated/α-hetero) is 1. The first-order valence-electron chi connectivity index (χ1n) is 6.24. The number of para-hydroxylation sites is 1. The van der Waals surface area contributed by atoms with Gasteiger partial charge in [-0.25, -0.2) is 4.79 Å². The lowest BCUT2D eigenvalue weighted by molar-refractivity contribution is -0.138. The molecule has 110 valence electrons. The van der Waals surface area contributed by atoms with Crippen molar-refractivity contribution in [2.75, 3.05) is 5.32 Å². The van der Waals surface area contributed by atoms with Gasteiger partial charge in [-0.05, 0) is 24.6 Å². The summed E-state index contributed by atoms with van der Waals surface area (Å²) in [7, 11) is 0. The van der Waals surface area contributed by atoms with Crippen LogP contribution >= 0.6 is 12.4 Å². The third-order valence-electron chi connectivity index (χ3n) is 2.99. The summed E-state index contributed by atoms with van der Waals surface area (Å²) in [6.45, 7) is 1.46. The Morgan fingerprint density at radius 1 is 1.00 bits per heavy atom. The maximum Gasteiger partial charge on any atom is 0.330 e. The number of aliphatic carboxylic acids is 1. The van der Waals surface area contributed by atoms with E-state index in [9.17, 15) is 14.7 Å². The zero-order valence-electron chi connectivity index (χ0n) is 11.4. The minimum atomic E-state index is -0.991. The van der Waals surface area contributed by atoms with Crippen molar-refractivity contribution in [3.05, 3.63) is 65.7 Å². The number of rotatable bonds is 5. The highest BCUT2D eigenvalue weighted by atomic mass is 35.5. The molecule has 2 N–H and O–H groups in total. The van der Waals surface area contributed by atoms with Crippen LogP contribution in [0.5, 0.6) is 0 Å². The van der Waals surface area contributed by atoms with Crippen LogP contribution in [0.3, 0.4) is 0 Å². The monoisotopic (exact) mass is 305 g/mol. The summed E-state index contributed by atoms with van der Waals surface area (Å²) >= 11 is 0. The molecule has 0 spiro atoms. The van der Waals surface area contributed by atoms with Gasteiger partial charge >= 0.3 is 5.97 Å². The molecule has 2 rings (SSSR count). The summed E-state index contributed by atoms with van der Waals surface area (Å²) in [6.07, 6.45) is 0. The van der Waals surface area contributed by atoms with Crippen molar-refractivity contribution in [2.24, 2.45) is 0 Å². The largest absolute Gasteiger partial charge is 0.479 e. The lowest BCUT2D eigenvalue weighted by atomic mass is 10.0. The van der Waals surface area contributed by atoms with E-state index < -0.39 is 12.0 Å². The van der Waals surface area contributed by atoms with Crippen LogP contribution in [-0.4, -0.2) is 16.9 Å². The second-order valence-electron chi connectivity index (χ2n) is 4.43. The molecule has 0 saturated heterocycles. The maximum absolute atomic E-state index is 11.6. The van der Waals surface area contributed by atoms with Crippen LogP contribution in [0.2, 0.25) is 0 Å². The van der Waals surface area contributed by atoms with Crippen molar-refractivity contribution in [2.45, 2.75) is 13.0 Å². The number of benzene rings is 2. The normalized spacial score (nSPS) is 11.1. The quantitative estimate of drug-likeness (QED) is 0.829. The van der Waals surface area contributed by atoms with E-state index in [0.29, 0.717) is 16.8 Å². The van der Waals surface area contributed by atoms with Crippen LogP contribution in [0.1, 0.15) is 28.9 Å². The summed E-state index contributed by atoms with van der Waals surface area (Å²) in [4.78, 5) is 23.0. The van der Waals surface area contributed by atoms with Crippen molar-refractivity contribution >= 4 is 29.8 Å². The average Bonchev–Trinajstić information content (AvgIpc) is 2.45. The average molecular weight is 306 g/mol. The standard InChI is InChI=1S/C16H15NO3.ClH/c1-11(18)13-9-5-6-10-14(13)17-15(16(19)20)12-7-3-2-4-8-12;/h2-10,15,17H,1H3,(H,19,20);1H. The molecule has 0 radical (unpaired) electrons. The molecule has 0 amide bonds. The number of carboxylic acids is 1. The van der Waals surface area contributed by atoms with E-state index in [-0.39, 0.29) is 18.2 Å². The van der Waals surface area contributed by atoms with E-state index in [4.69, 9.17) is 0 Å². The van der Waals surface area contributed by atoms with Crippen LogP contribution in [0.15, 0.2) is 54.6 Å². The van der Waals surface area contributed by atoms with Crippen molar-refractivity contribution in [3.63, 3.8) is 0 Å². The second-order valence-corrected chi connectivity index (χ2v) is 4.43. The van der Waals surface area contributed by atoms with Crippen LogP contribution in [0.4, 0.5) is 5.69 Å². The fourth-order valence-electron chi connectivity index (χ4n) is 2.00. The Morgan fingerprint density at radius 3 is 2.14 bits per heavy atom. The summed E-state index contributed by atoms with van der Waals surface area (Å²) < 4.78 is 0. The van der Waals surface area contributed by atoms with Gasteiger partial charge in [0.2, 0.25) is 0 Å². The number of carboxylic acid groups (broad SMARTS) is 1. The Labute approximate surface area is 129 Å². The first-order valence-corrected chi connectivity index (χ1v) is 6.24. The SMILES string of the molecule is CC(=O)c1ccccc1NC(C(=O)O)c1ccccc1.Cl. The van der Waals surface area contributed by atoms with E-state index >= 15 is 0 Å². The van der Waals surface area contributed by atoms with Crippen molar-refractivity contribution < 1.29 is 14.7 Å². The molecule has 0 bridgehead atoms. The molecule has 0 aliphatic carbocycles. The van der Waals surface area contributed by atoms with E-state index in [2.05, 4.69) is 5.32 Å². The van der Waals surface area contributed by atoms with Gasteiger partial charge in [-0.2, -0.15) is 0 Å². The lowest BCUT2D eigenvalue weighted by Crippen LogP contribution is -2.21. The zero-order chi connectivity index (χ0) is 14.5. The van der Waals surface area contributed by atoms with Crippen molar-refractivity contribution in [1.29, 1.82) is 0 Å². The van der Waals surface area contributed by atoms with Crippen molar-refractivity contribution in [3.8, 4) is 0 Å². The highest BCUT2D eigenvalue weighted by molar-refractivity contribution is 6.00. The summed E-state index contributed by atoms with van der Waals surface area (Å²) in [5.74, 6) is -1.10. The Bertz CT molecular complexity index is 628. The molecule has 4 nitrogen and oxygen atoms in total. The molecule has 0 aliphatic heterocycles. The van der Waals surface area contributed by atoms with Gasteiger partial charge in [0.25, 0.3) is 0 Å². The number of nitrogens with one attached hydrogen (secondary N) is 1. The van der Waals surface area contributed by atoms with E-state index in [1.807, 2.05) is 6.07 Å². The fraction of sp³-hybridized carbons (Fsp3) is 0.125. The van der Waals surface area contributed by atoms with Crippen LogP contribution in [-0.2, 0) is 4.79 Å². The molecule has 2 aromatic rings. The molecule has 1 atom stereocenters. The summed E-state index contributed by atoms with van der Waals surface area (Å²) in [5.41, 5.74) is 1.64. The Kier molecular flexibility index (Phi) is 5.93. The third-order valence-corrected chi connectivity index (χ3v) is 2.99. The topological polar surface area (TPSA) is 66.4 Å². The molecule has 0 aromatic heterocycles. The van der Waals surface area contributed by atoms with Gasteiger partial charge in [-0.15, -0.1) is 12.4 Å². The first-order chi connectivity index (χ1) is 9.59. The molecule has 0 aliphatic rings. The number of halogens is 1. The van der Waals surface area contributed by atoms with E-state index in [1.54, 1.807) is 48.5 Å². The predicted molar refractivity (Wildman–Crippen MR) is 84.1 cm³/mol. The predicted octanol–water partition coefficient (Wildman–Crippen LogP) is 3.55. The number of anilines is 1. The third kappa shape index (κ3) is 4.07. The second kappa shape index (κ2) is 7.45. The highest BCUT2D eigenvalue weighted by Gasteiger charge is 2.20. The molecular formula is C16H16ClNO3. The minimum absolute atomic E-state index is 0. The van der Waals surface area contributed by atoms with Crippen LogP contribution in [0, 0.1) is 0 Å². The molecule has 0 fully saturated rings. The van der Waals surface area contributed by atoms with Gasteiger partial charge < -0.3 is 10.4 Å². The smallest absolute Gasteiger partial charge is 0.330 e. The molecule has 2 aromatic carbocycles. The fourth-order valence-corrected chi connectivity index (χ4v) is 2.00. The van der Waals surface area contributed by atoms with Gasteiger partial charge in [0.05, 0.1) is 0 Å². The Morgan fingerprint density at radius 2 is 1.57 bits per heavy atom. The van der Waals surface area contributed by atoms with E-state index in [1.165, 1.54) is 6.92 Å². The van der Waals surface area contributed by atoms with Gasteiger partial charge in [0.1, 0.15) is 0 Å². The lowest BCUT2D eigenvalue weighted by Gasteiger charge is -2.18. The number of ketones is 1. The van der Waals surface area contributed by atoms with Gasteiger partial charge in [0, 0.05) is 11.3 Å². The van der Waals surface area contributed by atoms with Crippen molar-refractivity contribution in [1.82, 2.24) is 0 Å². The zero-order valence-corrected chi connectivity index (χ0v) is 12.3. The van der Waals surface area contributed by atoms with Crippen LogP contribution in [0.25, 0.3) is 0 Å². The number of hydrogen-bond donors (Lipinski definition) is 2. The number of carbonyl (C=O) groups excluding carboxylic acids is 1. The molecule has 5 heteroatoms. The Balaban J connectivity index is 0.00000220. The van der Waals surface area contributed by atoms with Gasteiger partial charge in [-0.1, -0.05) is 42.5 Å². The van der Waals surface area contributed by atoms with Gasteiger partial charge in [0.15, 0.2) is 11.8 Å². The molecule has 1 unspecified atom stereocenters. The number of carbonyl (C=O) groups is 2. The maximum atomic E-state index is 11.6. The van der Waals surface area contributed by atoms with E-state index in [0.717, 1.165) is 0 Å². The first kappa shape index (κ1) is 16.7. The Hall–Kier alpha value is -2.33. The highest BCUT2D eigenvalue weighted by Crippen LogP contribution is 2.23. The molecule has 0 saturated carbocycles. The molecule has 0 heterocycles. The van der Waals surface area contributed by atoms with Gasteiger partial charge in [-0.3, -0.25) is 4.79 Å². The van der Waals surface area contributed by atoms with Crippen LogP contribution < -0.4 is 5.32 Å². The summed E-state index contributed by atoms with van der Waals surface area (Å²) in [6, 6.07) is 14.9. The molecular weight excluding hydrogens is 290 g/mol. The summed E-state index contributed by atoms with van der Waals surface area (Å²) in [5, 5.41) is 12.3. The minimum Gasteiger partial charge on any atom is -0.479 e. The molecule has 21 heavy (non-hydrogen) atoms. The number of hydrogen-bond acceptors (Lipinski definition) is 3.